The van der Waals surface area contributed by atoms with Gasteiger partial charge in [-0.1, -0.05) is 36.7 Å². The Kier molecular flexibility index (Phi) is 3.99. The lowest BCUT2D eigenvalue weighted by molar-refractivity contribution is -0.122. The summed E-state index contributed by atoms with van der Waals surface area (Å²) in [7, 11) is 0. The molecule has 0 unspecified atom stereocenters. The third-order valence-corrected chi connectivity index (χ3v) is 3.28. The van der Waals surface area contributed by atoms with E-state index in [1.54, 1.807) is 17.0 Å². The molecule has 1 aliphatic heterocycles. The van der Waals surface area contributed by atoms with Gasteiger partial charge in [-0.25, -0.2) is 0 Å². The Hall–Kier alpha value is -1.39. The molecule has 0 aromatic heterocycles. The molecule has 1 aromatic carbocycles. The zero-order chi connectivity index (χ0) is 13.1. The molecule has 0 radical (unpaired) electrons. The van der Waals surface area contributed by atoms with Crippen molar-refractivity contribution in [3.05, 3.63) is 40.5 Å². The Morgan fingerprint density at radius 2 is 2.17 bits per heavy atom. The molecule has 1 fully saturated rings. The smallest absolute Gasteiger partial charge is 0.276 e. The van der Waals surface area contributed by atoms with E-state index in [1.165, 1.54) is 0 Å². The molecule has 3 nitrogen and oxygen atoms in total. The highest BCUT2D eigenvalue weighted by Gasteiger charge is 2.29. The molecule has 2 rings (SSSR count). The molecule has 1 N–H and O–H groups in total. The monoisotopic (exact) mass is 280 g/mol. The lowest BCUT2D eigenvalue weighted by Gasteiger charge is -2.11. The third-order valence-electron chi connectivity index (χ3n) is 2.61. The van der Waals surface area contributed by atoms with Crippen LogP contribution < -0.4 is 5.32 Å². The van der Waals surface area contributed by atoms with E-state index in [1.807, 2.05) is 25.1 Å². The number of hydrogen-bond acceptors (Lipinski definition) is 2. The Morgan fingerprint density at radius 3 is 2.83 bits per heavy atom. The standard InChI is InChI=1S/C13H13ClN2OS/c1-2-7-16-12(17)11(15-13(16)18)8-9-5-3-4-6-10(9)14/h3-6,8H,2,7H2,1H3,(H,15,18)/b11-8+. The van der Waals surface area contributed by atoms with Crippen molar-refractivity contribution in [3.8, 4) is 0 Å². The largest absolute Gasteiger partial charge is 0.328 e. The van der Waals surface area contributed by atoms with Crippen LogP contribution in [0.5, 0.6) is 0 Å². The minimum absolute atomic E-state index is 0.0956. The van der Waals surface area contributed by atoms with Gasteiger partial charge in [-0.15, -0.1) is 0 Å². The van der Waals surface area contributed by atoms with E-state index in [0.29, 0.717) is 22.4 Å². The maximum Gasteiger partial charge on any atom is 0.276 e. The van der Waals surface area contributed by atoms with E-state index < -0.39 is 0 Å². The summed E-state index contributed by atoms with van der Waals surface area (Å²) in [6.07, 6.45) is 2.60. The van der Waals surface area contributed by atoms with Crippen LogP contribution in [0, 0.1) is 0 Å². The van der Waals surface area contributed by atoms with E-state index in [2.05, 4.69) is 5.32 Å². The minimum atomic E-state index is -0.0956. The predicted octanol–water partition coefficient (Wildman–Crippen LogP) is 2.81. The predicted molar refractivity (Wildman–Crippen MR) is 77.2 cm³/mol. The maximum atomic E-state index is 12.1. The quantitative estimate of drug-likeness (QED) is 0.683. The van der Waals surface area contributed by atoms with E-state index >= 15 is 0 Å². The van der Waals surface area contributed by atoms with Crippen molar-refractivity contribution in [2.75, 3.05) is 6.54 Å². The Balaban J connectivity index is 2.28. The first-order chi connectivity index (χ1) is 8.63. The highest BCUT2D eigenvalue weighted by atomic mass is 35.5. The highest BCUT2D eigenvalue weighted by Crippen LogP contribution is 2.20. The molecule has 1 saturated heterocycles. The van der Waals surface area contributed by atoms with Crippen LogP contribution in [0.15, 0.2) is 30.0 Å². The lowest BCUT2D eigenvalue weighted by atomic mass is 10.2. The topological polar surface area (TPSA) is 32.3 Å². The fourth-order valence-electron chi connectivity index (χ4n) is 1.75. The summed E-state index contributed by atoms with van der Waals surface area (Å²) in [5.41, 5.74) is 1.28. The van der Waals surface area contributed by atoms with Gasteiger partial charge in [0.05, 0.1) is 0 Å². The number of carbonyl (C=O) groups excluding carboxylic acids is 1. The zero-order valence-electron chi connectivity index (χ0n) is 9.94. The van der Waals surface area contributed by atoms with Gasteiger partial charge in [-0.3, -0.25) is 9.69 Å². The van der Waals surface area contributed by atoms with Crippen molar-refractivity contribution in [1.29, 1.82) is 0 Å². The summed E-state index contributed by atoms with van der Waals surface area (Å²) < 4.78 is 0. The first kappa shape index (κ1) is 13.1. The van der Waals surface area contributed by atoms with Crippen molar-refractivity contribution in [1.82, 2.24) is 10.2 Å². The van der Waals surface area contributed by atoms with Crippen LogP contribution in [-0.2, 0) is 4.79 Å². The second-order valence-corrected chi connectivity index (χ2v) is 4.76. The Labute approximate surface area is 116 Å². The molecule has 1 heterocycles. The molecule has 1 aromatic rings. The first-order valence-electron chi connectivity index (χ1n) is 5.72. The minimum Gasteiger partial charge on any atom is -0.328 e. The van der Waals surface area contributed by atoms with Crippen LogP contribution in [0.25, 0.3) is 6.08 Å². The van der Waals surface area contributed by atoms with Crippen LogP contribution in [-0.4, -0.2) is 22.5 Å². The van der Waals surface area contributed by atoms with Gasteiger partial charge in [0, 0.05) is 11.6 Å². The summed E-state index contributed by atoms with van der Waals surface area (Å²) in [4.78, 5) is 13.7. The number of thiocarbonyl (C=S) groups is 1. The molecule has 18 heavy (non-hydrogen) atoms. The SMILES string of the molecule is CCCN1C(=O)/C(=C\c2ccccc2Cl)NC1=S. The number of amides is 1. The van der Waals surface area contributed by atoms with Gasteiger partial charge >= 0.3 is 0 Å². The van der Waals surface area contributed by atoms with E-state index in [4.69, 9.17) is 23.8 Å². The van der Waals surface area contributed by atoms with Crippen LogP contribution >= 0.6 is 23.8 Å². The highest BCUT2D eigenvalue weighted by molar-refractivity contribution is 7.80. The molecular weight excluding hydrogens is 268 g/mol. The van der Waals surface area contributed by atoms with E-state index in [0.717, 1.165) is 12.0 Å². The van der Waals surface area contributed by atoms with Crippen molar-refractivity contribution in [2.45, 2.75) is 13.3 Å². The molecule has 0 bridgehead atoms. The average Bonchev–Trinajstić information content (AvgIpc) is 2.60. The Morgan fingerprint density at radius 1 is 1.44 bits per heavy atom. The maximum absolute atomic E-state index is 12.1. The van der Waals surface area contributed by atoms with Gasteiger partial charge in [0.25, 0.3) is 5.91 Å². The summed E-state index contributed by atoms with van der Waals surface area (Å²) >= 11 is 11.2. The second kappa shape index (κ2) is 5.50. The molecule has 5 heteroatoms. The summed E-state index contributed by atoms with van der Waals surface area (Å²) in [6.45, 7) is 2.64. The van der Waals surface area contributed by atoms with Gasteiger partial charge in [-0.05, 0) is 36.3 Å². The Bertz CT molecular complexity index is 527. The van der Waals surface area contributed by atoms with Crippen molar-refractivity contribution in [2.24, 2.45) is 0 Å². The van der Waals surface area contributed by atoms with Gasteiger partial charge in [0.15, 0.2) is 5.11 Å². The number of rotatable bonds is 3. The molecular formula is C13H13ClN2OS. The van der Waals surface area contributed by atoms with Crippen LogP contribution in [0.2, 0.25) is 5.02 Å². The second-order valence-electron chi connectivity index (χ2n) is 3.97. The van der Waals surface area contributed by atoms with Gasteiger partial charge in [0.2, 0.25) is 0 Å². The number of nitrogens with zero attached hydrogens (tertiary/aromatic N) is 1. The molecule has 1 amide bonds. The van der Waals surface area contributed by atoms with Crippen LogP contribution in [0.3, 0.4) is 0 Å². The van der Waals surface area contributed by atoms with Gasteiger partial charge in [-0.2, -0.15) is 0 Å². The number of carbonyl (C=O) groups is 1. The van der Waals surface area contributed by atoms with E-state index in [-0.39, 0.29) is 5.91 Å². The molecule has 94 valence electrons. The third kappa shape index (κ3) is 2.54. The number of hydrogen-bond donors (Lipinski definition) is 1. The molecule has 1 aliphatic rings. The summed E-state index contributed by atoms with van der Waals surface area (Å²) in [6, 6.07) is 7.37. The number of benzene rings is 1. The fourth-order valence-corrected chi connectivity index (χ4v) is 2.22. The van der Waals surface area contributed by atoms with Gasteiger partial charge in [0.1, 0.15) is 5.70 Å². The zero-order valence-corrected chi connectivity index (χ0v) is 11.5. The van der Waals surface area contributed by atoms with E-state index in [9.17, 15) is 4.79 Å². The molecule has 0 saturated carbocycles. The van der Waals surface area contributed by atoms with Crippen LogP contribution in [0.1, 0.15) is 18.9 Å². The van der Waals surface area contributed by atoms with Crippen molar-refractivity contribution < 1.29 is 4.79 Å². The molecule has 0 atom stereocenters. The van der Waals surface area contributed by atoms with Crippen molar-refractivity contribution >= 4 is 40.9 Å². The van der Waals surface area contributed by atoms with Gasteiger partial charge < -0.3 is 5.32 Å². The normalized spacial score (nSPS) is 17.4. The molecule has 0 spiro atoms. The number of halogens is 1. The number of nitrogens with one attached hydrogen (secondary N) is 1. The fraction of sp³-hybridized carbons (Fsp3) is 0.231. The van der Waals surface area contributed by atoms with Crippen LogP contribution in [0.4, 0.5) is 0 Å². The first-order valence-corrected chi connectivity index (χ1v) is 6.51. The summed E-state index contributed by atoms with van der Waals surface area (Å²) in [5, 5.41) is 3.99. The van der Waals surface area contributed by atoms with Crippen molar-refractivity contribution in [3.63, 3.8) is 0 Å². The molecule has 0 aliphatic carbocycles. The lowest BCUT2D eigenvalue weighted by Crippen LogP contribution is -2.31. The average molecular weight is 281 g/mol. The summed E-state index contributed by atoms with van der Waals surface area (Å²) in [5.74, 6) is -0.0956.